The zero-order valence-electron chi connectivity index (χ0n) is 19.2. The number of nitrogens with zero attached hydrogens (tertiary/aromatic N) is 1. The smallest absolute Gasteiger partial charge is 0.255 e. The molecule has 0 saturated carbocycles. The van der Waals surface area contributed by atoms with Gasteiger partial charge in [0.25, 0.3) is 5.91 Å². The molecule has 33 heavy (non-hydrogen) atoms. The van der Waals surface area contributed by atoms with E-state index in [0.717, 1.165) is 23.3 Å². The molecule has 0 radical (unpaired) electrons. The highest BCUT2D eigenvalue weighted by atomic mass is 32.2. The standard InChI is InChI=1S/C24H30N2O5S2/c1-16-8-10-26(11-9-16)24(27)20-15-19(5-7-23(20)32-3)33(28,29)25-17(2)18-4-6-21-22(14-18)31-13-12-30-21/h4-7,14-17,25H,8-13H2,1-3H3. The predicted octanol–water partition coefficient (Wildman–Crippen LogP) is 4.09. The van der Waals surface area contributed by atoms with Crippen molar-refractivity contribution in [2.45, 2.75) is 42.5 Å². The molecule has 1 saturated heterocycles. The summed E-state index contributed by atoms with van der Waals surface area (Å²) < 4.78 is 40.3. The topological polar surface area (TPSA) is 84.9 Å². The summed E-state index contributed by atoms with van der Waals surface area (Å²) in [7, 11) is -3.85. The monoisotopic (exact) mass is 490 g/mol. The molecule has 2 aromatic carbocycles. The minimum atomic E-state index is -3.85. The van der Waals surface area contributed by atoms with E-state index in [1.165, 1.54) is 17.8 Å². The van der Waals surface area contributed by atoms with Gasteiger partial charge < -0.3 is 14.4 Å². The molecule has 0 spiro atoms. The number of hydrogen-bond donors (Lipinski definition) is 1. The van der Waals surface area contributed by atoms with Gasteiger partial charge in [-0.05, 0) is 67.8 Å². The molecule has 0 aliphatic carbocycles. The van der Waals surface area contributed by atoms with Crippen LogP contribution in [-0.2, 0) is 10.0 Å². The van der Waals surface area contributed by atoms with Crippen molar-refractivity contribution in [3.05, 3.63) is 47.5 Å². The zero-order valence-corrected chi connectivity index (χ0v) is 20.8. The number of likely N-dealkylation sites (tertiary alicyclic amines) is 1. The Morgan fingerprint density at radius 1 is 1.09 bits per heavy atom. The second-order valence-corrected chi connectivity index (χ2v) is 11.1. The lowest BCUT2D eigenvalue weighted by Crippen LogP contribution is -2.38. The molecule has 178 valence electrons. The normalized spacial score (nSPS) is 17.6. The second-order valence-electron chi connectivity index (χ2n) is 8.58. The average molecular weight is 491 g/mol. The molecule has 0 aromatic heterocycles. The molecule has 2 aromatic rings. The summed E-state index contributed by atoms with van der Waals surface area (Å²) in [6.45, 7) is 6.33. The third kappa shape index (κ3) is 5.31. The first-order valence-corrected chi connectivity index (χ1v) is 13.9. The van der Waals surface area contributed by atoms with Gasteiger partial charge in [0.1, 0.15) is 13.2 Å². The van der Waals surface area contributed by atoms with Crippen LogP contribution >= 0.6 is 11.8 Å². The van der Waals surface area contributed by atoms with Crippen LogP contribution in [0.2, 0.25) is 0 Å². The van der Waals surface area contributed by atoms with Crippen molar-refractivity contribution in [2.24, 2.45) is 5.92 Å². The van der Waals surface area contributed by atoms with E-state index < -0.39 is 16.1 Å². The Morgan fingerprint density at radius 3 is 2.48 bits per heavy atom. The van der Waals surface area contributed by atoms with Crippen molar-refractivity contribution in [1.82, 2.24) is 9.62 Å². The molecule has 4 rings (SSSR count). The first kappa shape index (κ1) is 23.9. The van der Waals surface area contributed by atoms with Crippen LogP contribution in [0.3, 0.4) is 0 Å². The average Bonchev–Trinajstić information content (AvgIpc) is 2.83. The largest absolute Gasteiger partial charge is 0.486 e. The Morgan fingerprint density at radius 2 is 1.79 bits per heavy atom. The van der Waals surface area contributed by atoms with E-state index in [-0.39, 0.29) is 10.8 Å². The summed E-state index contributed by atoms with van der Waals surface area (Å²) in [4.78, 5) is 15.9. The number of rotatable bonds is 6. The number of carbonyl (C=O) groups excluding carboxylic acids is 1. The highest BCUT2D eigenvalue weighted by molar-refractivity contribution is 7.98. The quantitative estimate of drug-likeness (QED) is 0.614. The van der Waals surface area contributed by atoms with E-state index >= 15 is 0 Å². The van der Waals surface area contributed by atoms with Gasteiger partial charge in [-0.15, -0.1) is 11.8 Å². The number of hydrogen-bond acceptors (Lipinski definition) is 6. The Labute approximate surface area is 199 Å². The molecule has 1 amide bonds. The summed E-state index contributed by atoms with van der Waals surface area (Å²) in [6, 6.07) is 9.69. The number of carbonyl (C=O) groups is 1. The number of thioether (sulfide) groups is 1. The molecule has 2 aliphatic rings. The number of amides is 1. The molecular weight excluding hydrogens is 460 g/mol. The van der Waals surface area contributed by atoms with Crippen LogP contribution in [-0.4, -0.2) is 51.8 Å². The van der Waals surface area contributed by atoms with Gasteiger partial charge in [0.05, 0.1) is 10.5 Å². The molecule has 1 fully saturated rings. The number of nitrogens with one attached hydrogen (secondary N) is 1. The van der Waals surface area contributed by atoms with Gasteiger partial charge in [0, 0.05) is 24.0 Å². The first-order chi connectivity index (χ1) is 15.8. The second kappa shape index (κ2) is 9.95. The molecule has 1 atom stereocenters. The summed E-state index contributed by atoms with van der Waals surface area (Å²) in [5.74, 6) is 1.76. The van der Waals surface area contributed by atoms with Crippen LogP contribution in [0.5, 0.6) is 11.5 Å². The zero-order chi connectivity index (χ0) is 23.6. The summed E-state index contributed by atoms with van der Waals surface area (Å²) in [5.41, 5.74) is 1.20. The van der Waals surface area contributed by atoms with Gasteiger partial charge in [-0.1, -0.05) is 13.0 Å². The van der Waals surface area contributed by atoms with Gasteiger partial charge in [-0.3, -0.25) is 4.79 Å². The maximum absolute atomic E-state index is 13.2. The van der Waals surface area contributed by atoms with Gasteiger partial charge >= 0.3 is 0 Å². The third-order valence-electron chi connectivity index (χ3n) is 6.18. The number of piperidine rings is 1. The van der Waals surface area contributed by atoms with E-state index in [1.54, 1.807) is 31.2 Å². The van der Waals surface area contributed by atoms with E-state index in [9.17, 15) is 13.2 Å². The maximum atomic E-state index is 13.2. The lowest BCUT2D eigenvalue weighted by atomic mass is 9.98. The van der Waals surface area contributed by atoms with Crippen molar-refractivity contribution in [1.29, 1.82) is 0 Å². The fourth-order valence-electron chi connectivity index (χ4n) is 4.10. The van der Waals surface area contributed by atoms with Crippen molar-refractivity contribution >= 4 is 27.7 Å². The Hall–Kier alpha value is -2.23. The number of sulfonamides is 1. The minimum Gasteiger partial charge on any atom is -0.486 e. The fraction of sp³-hybridized carbons (Fsp3) is 0.458. The summed E-state index contributed by atoms with van der Waals surface area (Å²) in [6.07, 6.45) is 3.82. The van der Waals surface area contributed by atoms with Crippen LogP contribution in [0.4, 0.5) is 0 Å². The molecule has 1 unspecified atom stereocenters. The number of fused-ring (bicyclic) bond motifs is 1. The van der Waals surface area contributed by atoms with Crippen molar-refractivity contribution in [3.63, 3.8) is 0 Å². The van der Waals surface area contributed by atoms with Gasteiger partial charge in [-0.25, -0.2) is 13.1 Å². The first-order valence-electron chi connectivity index (χ1n) is 11.2. The van der Waals surface area contributed by atoms with Crippen molar-refractivity contribution in [3.8, 4) is 11.5 Å². The van der Waals surface area contributed by atoms with Crippen LogP contribution in [0, 0.1) is 5.92 Å². The molecule has 7 nitrogen and oxygen atoms in total. The highest BCUT2D eigenvalue weighted by Crippen LogP contribution is 2.33. The number of benzene rings is 2. The Balaban J connectivity index is 1.56. The molecule has 2 aliphatic heterocycles. The van der Waals surface area contributed by atoms with Gasteiger partial charge in [0.15, 0.2) is 11.5 Å². The van der Waals surface area contributed by atoms with Crippen molar-refractivity contribution < 1.29 is 22.7 Å². The van der Waals surface area contributed by atoms with Crippen LogP contribution in [0.1, 0.15) is 48.7 Å². The summed E-state index contributed by atoms with van der Waals surface area (Å²) >= 11 is 1.44. The minimum absolute atomic E-state index is 0.0819. The molecule has 2 heterocycles. The Kier molecular flexibility index (Phi) is 7.21. The van der Waals surface area contributed by atoms with Crippen molar-refractivity contribution in [2.75, 3.05) is 32.6 Å². The van der Waals surface area contributed by atoms with Crippen LogP contribution in [0.25, 0.3) is 0 Å². The molecule has 1 N–H and O–H groups in total. The van der Waals surface area contributed by atoms with E-state index in [1.807, 2.05) is 17.2 Å². The van der Waals surface area contributed by atoms with Crippen LogP contribution in [0.15, 0.2) is 46.2 Å². The molecule has 9 heteroatoms. The van der Waals surface area contributed by atoms with Gasteiger partial charge in [0.2, 0.25) is 10.0 Å². The highest BCUT2D eigenvalue weighted by Gasteiger charge is 2.26. The SMILES string of the molecule is CSc1ccc(S(=O)(=O)NC(C)c2ccc3c(c2)OCCO3)cc1C(=O)N1CCC(C)CC1. The maximum Gasteiger partial charge on any atom is 0.255 e. The number of ether oxygens (including phenoxy) is 2. The summed E-state index contributed by atoms with van der Waals surface area (Å²) in [5, 5.41) is 0. The molecular formula is C24H30N2O5S2. The lowest BCUT2D eigenvalue weighted by molar-refractivity contribution is 0.0693. The van der Waals surface area contributed by atoms with Gasteiger partial charge in [-0.2, -0.15) is 0 Å². The third-order valence-corrected chi connectivity index (χ3v) is 8.51. The van der Waals surface area contributed by atoms with E-state index in [2.05, 4.69) is 11.6 Å². The van der Waals surface area contributed by atoms with E-state index in [4.69, 9.17) is 9.47 Å². The fourth-order valence-corrected chi connectivity index (χ4v) is 5.93. The lowest BCUT2D eigenvalue weighted by Gasteiger charge is -2.31. The Bertz CT molecular complexity index is 1130. The van der Waals surface area contributed by atoms with E-state index in [0.29, 0.717) is 49.3 Å². The van der Waals surface area contributed by atoms with Crippen LogP contribution < -0.4 is 14.2 Å². The molecule has 0 bridgehead atoms. The predicted molar refractivity (Wildman–Crippen MR) is 129 cm³/mol.